The van der Waals surface area contributed by atoms with Crippen LogP contribution >= 0.6 is 0 Å². The van der Waals surface area contributed by atoms with Crippen molar-refractivity contribution in [3.05, 3.63) is 216 Å². The van der Waals surface area contributed by atoms with E-state index in [-0.39, 0.29) is 5.41 Å². The average molecular weight is 779 g/mol. The normalized spacial score (nSPS) is 15.0. The number of fused-ring (bicyclic) bond motifs is 12. The maximum atomic E-state index is 2.56. The lowest BCUT2D eigenvalue weighted by molar-refractivity contribution is 0.660. The lowest BCUT2D eigenvalue weighted by Gasteiger charge is -2.24. The van der Waals surface area contributed by atoms with E-state index in [1.165, 1.54) is 111 Å². The zero-order chi connectivity index (χ0) is 39.7. The molecule has 1 heteroatoms. The van der Waals surface area contributed by atoms with E-state index in [1.54, 1.807) is 21.5 Å². The fourth-order valence-electron chi connectivity index (χ4n) is 11.9. The van der Waals surface area contributed by atoms with Crippen LogP contribution < -0.4 is 10.4 Å². The Bertz CT molecular complexity index is 3440. The molecule has 0 fully saturated rings. The molecule has 2 aliphatic heterocycles. The zero-order valence-electron chi connectivity index (χ0n) is 33.9. The van der Waals surface area contributed by atoms with Crippen LogP contribution in [0.15, 0.2) is 194 Å². The standard InChI is InChI=1S/C59H42Si/c1-59(2)53-24-11-9-19-45(53)50-33-39(27-30-54(50)59)58-48-22-8-7-21-47(48)57(49-29-26-38(32-52(49)58)44-23-13-17-37-14-5-6-18-43(37)44)40-28-31-56-51(34-40)46-20-10-12-25-55(46)60(56)35-41-15-3-4-16-42(41)36-60/h3-34H,35-36H2,1-2H3. The minimum absolute atomic E-state index is 0.0467. The summed E-state index contributed by atoms with van der Waals surface area (Å²) in [5.74, 6) is 0. The van der Waals surface area contributed by atoms with Gasteiger partial charge in [-0.15, -0.1) is 0 Å². The number of benzene rings is 10. The third kappa shape index (κ3) is 4.61. The molecule has 0 saturated carbocycles. The summed E-state index contributed by atoms with van der Waals surface area (Å²) in [6.45, 7) is 4.75. The molecule has 3 aliphatic rings. The van der Waals surface area contributed by atoms with Gasteiger partial charge < -0.3 is 0 Å². The summed E-state index contributed by atoms with van der Waals surface area (Å²) in [6.07, 6.45) is 0. The molecule has 60 heavy (non-hydrogen) atoms. The van der Waals surface area contributed by atoms with Crippen molar-refractivity contribution in [2.24, 2.45) is 0 Å². The van der Waals surface area contributed by atoms with E-state index >= 15 is 0 Å². The fourth-order valence-corrected chi connectivity index (χ4v) is 17.4. The fraction of sp³-hybridized carbons (Fsp3) is 0.0847. The summed E-state index contributed by atoms with van der Waals surface area (Å²) in [5.41, 5.74) is 19.1. The second-order valence-corrected chi connectivity index (χ2v) is 22.0. The van der Waals surface area contributed by atoms with Crippen LogP contribution in [0.1, 0.15) is 36.1 Å². The molecule has 0 unspecified atom stereocenters. The van der Waals surface area contributed by atoms with Crippen molar-refractivity contribution in [3.63, 3.8) is 0 Å². The highest BCUT2D eigenvalue weighted by Gasteiger charge is 2.49. The molecule has 13 rings (SSSR count). The molecule has 282 valence electrons. The molecule has 0 bridgehead atoms. The first-order chi connectivity index (χ1) is 29.5. The van der Waals surface area contributed by atoms with E-state index in [2.05, 4.69) is 208 Å². The van der Waals surface area contributed by atoms with Crippen molar-refractivity contribution >= 4 is 50.8 Å². The van der Waals surface area contributed by atoms with Crippen molar-refractivity contribution in [2.45, 2.75) is 31.4 Å². The Balaban J connectivity index is 1.09. The smallest absolute Gasteiger partial charge is 0.0623 e. The third-order valence-corrected chi connectivity index (χ3v) is 19.6. The maximum absolute atomic E-state index is 2.56. The van der Waals surface area contributed by atoms with Gasteiger partial charge in [-0.05, 0) is 151 Å². The average Bonchev–Trinajstić information content (AvgIpc) is 3.90. The predicted octanol–water partition coefficient (Wildman–Crippen LogP) is 13.9. The third-order valence-electron chi connectivity index (χ3n) is 14.7. The summed E-state index contributed by atoms with van der Waals surface area (Å²) in [7, 11) is -2.01. The molecule has 0 amide bonds. The molecule has 1 aliphatic carbocycles. The van der Waals surface area contributed by atoms with Gasteiger partial charge in [0.2, 0.25) is 0 Å². The van der Waals surface area contributed by atoms with Crippen molar-refractivity contribution in [2.75, 3.05) is 0 Å². The van der Waals surface area contributed by atoms with Gasteiger partial charge in [-0.3, -0.25) is 0 Å². The first-order valence-corrected chi connectivity index (χ1v) is 23.9. The van der Waals surface area contributed by atoms with E-state index in [1.807, 2.05) is 0 Å². The molecule has 0 atom stereocenters. The van der Waals surface area contributed by atoms with Gasteiger partial charge in [-0.25, -0.2) is 0 Å². The molecule has 10 aromatic carbocycles. The SMILES string of the molecule is CC1(C)c2ccccc2-c2cc(-c3c4ccccc4c(-c4ccc5c(c4)-c4ccccc4[Si]54Cc5ccccc5C4)c4ccc(-c5cccc6ccccc56)cc34)ccc21. The molecule has 0 nitrogen and oxygen atoms in total. The largest absolute Gasteiger partial charge is 0.128 e. The van der Waals surface area contributed by atoms with Gasteiger partial charge in [-0.2, -0.15) is 0 Å². The lowest BCUT2D eigenvalue weighted by Crippen LogP contribution is -2.57. The molecule has 1 spiro atoms. The Morgan fingerprint density at radius 3 is 1.68 bits per heavy atom. The molecule has 2 heterocycles. The monoisotopic (exact) mass is 778 g/mol. The van der Waals surface area contributed by atoms with Crippen LogP contribution in [-0.2, 0) is 17.5 Å². The van der Waals surface area contributed by atoms with Gasteiger partial charge in [0.1, 0.15) is 8.07 Å². The Labute approximate surface area is 352 Å². The second-order valence-electron chi connectivity index (χ2n) is 18.0. The van der Waals surface area contributed by atoms with Gasteiger partial charge in [0.15, 0.2) is 0 Å². The van der Waals surface area contributed by atoms with Gasteiger partial charge >= 0.3 is 0 Å². The van der Waals surface area contributed by atoms with Gasteiger partial charge in [-0.1, -0.05) is 190 Å². The molecule has 0 radical (unpaired) electrons. The highest BCUT2D eigenvalue weighted by molar-refractivity contribution is 7.05. The molecular formula is C59H42Si. The number of hydrogen-bond donors (Lipinski definition) is 0. The summed E-state index contributed by atoms with van der Waals surface area (Å²) in [6, 6.07) is 76.8. The Morgan fingerprint density at radius 2 is 0.883 bits per heavy atom. The Morgan fingerprint density at radius 1 is 0.350 bits per heavy atom. The topological polar surface area (TPSA) is 0 Å². The van der Waals surface area contributed by atoms with Crippen molar-refractivity contribution in [1.29, 1.82) is 0 Å². The summed E-state index contributed by atoms with van der Waals surface area (Å²) >= 11 is 0. The van der Waals surface area contributed by atoms with E-state index in [0.717, 1.165) is 0 Å². The highest BCUT2D eigenvalue weighted by atomic mass is 28.3. The first-order valence-electron chi connectivity index (χ1n) is 21.5. The van der Waals surface area contributed by atoms with Crippen LogP contribution in [0.4, 0.5) is 0 Å². The molecular weight excluding hydrogens is 737 g/mol. The minimum Gasteiger partial charge on any atom is -0.0623 e. The Hall–Kier alpha value is -6.80. The van der Waals surface area contributed by atoms with Crippen LogP contribution in [0.3, 0.4) is 0 Å². The van der Waals surface area contributed by atoms with Gasteiger partial charge in [0.05, 0.1) is 0 Å². The minimum atomic E-state index is -2.01. The van der Waals surface area contributed by atoms with E-state index < -0.39 is 8.07 Å². The highest BCUT2D eigenvalue weighted by Crippen LogP contribution is 2.52. The molecule has 10 aromatic rings. The van der Waals surface area contributed by atoms with Crippen LogP contribution in [0, 0.1) is 0 Å². The Kier molecular flexibility index (Phi) is 7.03. The molecule has 0 aromatic heterocycles. The number of hydrogen-bond acceptors (Lipinski definition) is 0. The summed E-state index contributed by atoms with van der Waals surface area (Å²) < 4.78 is 0. The van der Waals surface area contributed by atoms with Gasteiger partial charge in [0, 0.05) is 5.41 Å². The first kappa shape index (κ1) is 34.1. The number of rotatable bonds is 3. The van der Waals surface area contributed by atoms with Gasteiger partial charge in [0.25, 0.3) is 0 Å². The van der Waals surface area contributed by atoms with E-state index in [0.29, 0.717) is 0 Å². The van der Waals surface area contributed by atoms with E-state index in [9.17, 15) is 0 Å². The zero-order valence-corrected chi connectivity index (χ0v) is 34.9. The second kappa shape index (κ2) is 12.4. The summed E-state index contributed by atoms with van der Waals surface area (Å²) in [5, 5.41) is 10.9. The molecule has 0 N–H and O–H groups in total. The quantitative estimate of drug-likeness (QED) is 0.124. The van der Waals surface area contributed by atoms with Crippen molar-refractivity contribution < 1.29 is 0 Å². The van der Waals surface area contributed by atoms with Crippen LogP contribution in [0.5, 0.6) is 0 Å². The predicted molar refractivity (Wildman–Crippen MR) is 257 cm³/mol. The van der Waals surface area contributed by atoms with Crippen LogP contribution in [-0.4, -0.2) is 8.07 Å². The maximum Gasteiger partial charge on any atom is 0.128 e. The van der Waals surface area contributed by atoms with Crippen LogP contribution in [0.25, 0.3) is 88.0 Å². The van der Waals surface area contributed by atoms with Crippen LogP contribution in [0.2, 0.25) is 0 Å². The summed E-state index contributed by atoms with van der Waals surface area (Å²) in [4.78, 5) is 0. The lowest BCUT2D eigenvalue weighted by atomic mass is 9.81. The molecule has 0 saturated heterocycles. The van der Waals surface area contributed by atoms with Crippen molar-refractivity contribution in [1.82, 2.24) is 0 Å². The van der Waals surface area contributed by atoms with Crippen molar-refractivity contribution in [3.8, 4) is 55.6 Å². The van der Waals surface area contributed by atoms with E-state index in [4.69, 9.17) is 0 Å².